The molecule has 0 aliphatic carbocycles. The molecule has 1 heterocycles. The van der Waals surface area contributed by atoms with Crippen LogP contribution in [0, 0.1) is 21.4 Å². The number of benzene rings is 2. The lowest BCUT2D eigenvalue weighted by Crippen LogP contribution is -3.14. The van der Waals surface area contributed by atoms with E-state index in [2.05, 4.69) is 29.3 Å². The summed E-state index contributed by atoms with van der Waals surface area (Å²) in [5, 5.41) is 23.2. The summed E-state index contributed by atoms with van der Waals surface area (Å²) in [6, 6.07) is 14.3. The molecule has 0 radical (unpaired) electrons. The van der Waals surface area contributed by atoms with Crippen LogP contribution in [0.5, 0.6) is 0 Å². The average Bonchev–Trinajstić information content (AvgIpc) is 2.69. The number of nitro benzene ring substituents is 1. The number of nitrogens with one attached hydrogen (secondary N) is 2. The molecule has 0 atom stereocenters. The van der Waals surface area contributed by atoms with Gasteiger partial charge in [-0.05, 0) is 37.3 Å². The summed E-state index contributed by atoms with van der Waals surface area (Å²) in [5.41, 5.74) is 2.76. The van der Waals surface area contributed by atoms with Gasteiger partial charge >= 0.3 is 0 Å². The van der Waals surface area contributed by atoms with Gasteiger partial charge < -0.3 is 15.1 Å². The molecule has 3 rings (SSSR count). The normalized spacial score (nSPS) is 14.7. The topological polar surface area (TPSA) is 86.6 Å². The Morgan fingerprint density at radius 2 is 1.92 bits per heavy atom. The van der Waals surface area contributed by atoms with Crippen LogP contribution in [0.25, 0.3) is 0 Å². The third-order valence-electron chi connectivity index (χ3n) is 4.82. The van der Waals surface area contributed by atoms with E-state index in [9.17, 15) is 15.4 Å². The lowest BCUT2D eigenvalue weighted by molar-refractivity contribution is -0.898. The van der Waals surface area contributed by atoms with E-state index in [-0.39, 0.29) is 11.3 Å². The van der Waals surface area contributed by atoms with E-state index in [1.807, 2.05) is 18.2 Å². The number of nitro groups is 1. The van der Waals surface area contributed by atoms with E-state index < -0.39 is 4.92 Å². The van der Waals surface area contributed by atoms with Crippen molar-refractivity contribution >= 4 is 22.7 Å². The highest BCUT2D eigenvalue weighted by molar-refractivity contribution is 5.69. The van der Waals surface area contributed by atoms with E-state index in [1.54, 1.807) is 11.0 Å². The molecule has 1 fully saturated rings. The van der Waals surface area contributed by atoms with Gasteiger partial charge in [0.05, 0.1) is 48.9 Å². The number of quaternary nitrogens is 1. The maximum absolute atomic E-state index is 10.8. The number of likely N-dealkylation sites (N-methyl/N-ethyl adjacent to an activating group) is 1. The smallest absolute Gasteiger partial charge is 0.270 e. The highest BCUT2D eigenvalue weighted by atomic mass is 16.6. The Bertz CT molecular complexity index is 821. The van der Waals surface area contributed by atoms with E-state index in [0.717, 1.165) is 31.9 Å². The quantitative estimate of drug-likeness (QED) is 0.634. The number of anilines is 3. The van der Waals surface area contributed by atoms with Crippen molar-refractivity contribution in [2.45, 2.75) is 6.92 Å². The maximum atomic E-state index is 10.8. The zero-order valence-electron chi connectivity index (χ0n) is 14.7. The van der Waals surface area contributed by atoms with Crippen LogP contribution < -0.4 is 15.1 Å². The van der Waals surface area contributed by atoms with Crippen LogP contribution in [0.15, 0.2) is 42.5 Å². The van der Waals surface area contributed by atoms with Gasteiger partial charge in [0.25, 0.3) is 5.69 Å². The van der Waals surface area contributed by atoms with Crippen molar-refractivity contribution in [1.82, 2.24) is 0 Å². The molecule has 134 valence electrons. The summed E-state index contributed by atoms with van der Waals surface area (Å²) in [6.45, 7) is 7.82. The lowest BCUT2D eigenvalue weighted by Gasteiger charge is -2.33. The Kier molecular flexibility index (Phi) is 5.34. The molecular formula is C19H22N5O2+. The third-order valence-corrected chi connectivity index (χ3v) is 4.82. The highest BCUT2D eigenvalue weighted by Crippen LogP contribution is 2.26. The monoisotopic (exact) mass is 352 g/mol. The summed E-state index contributed by atoms with van der Waals surface area (Å²) in [5.74, 6) is 0. The maximum Gasteiger partial charge on any atom is 0.270 e. The molecule has 2 N–H and O–H groups in total. The Hall–Kier alpha value is -3.11. The molecule has 1 aliphatic rings. The minimum atomic E-state index is -0.501. The Labute approximate surface area is 152 Å². The van der Waals surface area contributed by atoms with Gasteiger partial charge in [0.1, 0.15) is 6.07 Å². The molecule has 2 aromatic carbocycles. The van der Waals surface area contributed by atoms with Crippen molar-refractivity contribution in [3.8, 4) is 6.07 Å². The Balaban J connectivity index is 1.70. The van der Waals surface area contributed by atoms with Crippen LogP contribution in [0.2, 0.25) is 0 Å². The van der Waals surface area contributed by atoms with E-state index in [0.29, 0.717) is 5.69 Å². The van der Waals surface area contributed by atoms with Crippen LogP contribution in [0.1, 0.15) is 12.5 Å². The first-order chi connectivity index (χ1) is 12.6. The minimum Gasteiger partial charge on any atom is -0.360 e. The van der Waals surface area contributed by atoms with Gasteiger partial charge in [0.2, 0.25) is 0 Å². The minimum absolute atomic E-state index is 0.0872. The van der Waals surface area contributed by atoms with Crippen LogP contribution in [-0.4, -0.2) is 37.6 Å². The summed E-state index contributed by atoms with van der Waals surface area (Å²) < 4.78 is 0. The third kappa shape index (κ3) is 3.92. The molecule has 0 unspecified atom stereocenters. The molecule has 0 bridgehead atoms. The summed E-state index contributed by atoms with van der Waals surface area (Å²) in [7, 11) is 0. The van der Waals surface area contributed by atoms with E-state index >= 15 is 0 Å². The molecule has 0 amide bonds. The van der Waals surface area contributed by atoms with Crippen LogP contribution in [0.3, 0.4) is 0 Å². The number of nitriles is 1. The predicted molar refractivity (Wildman–Crippen MR) is 101 cm³/mol. The van der Waals surface area contributed by atoms with Crippen LogP contribution in [0.4, 0.5) is 22.7 Å². The van der Waals surface area contributed by atoms with Gasteiger partial charge in [0.15, 0.2) is 0 Å². The van der Waals surface area contributed by atoms with Crippen molar-refractivity contribution in [2.75, 3.05) is 42.9 Å². The van der Waals surface area contributed by atoms with Gasteiger partial charge in [-0.15, -0.1) is 0 Å². The molecule has 1 aliphatic heterocycles. The zero-order valence-corrected chi connectivity index (χ0v) is 14.7. The standard InChI is InChI=1S/C19H21N5O2/c1-2-22-9-11-23(12-10-22)17-5-3-16(4-6-17)21-19-8-7-18(24(25)26)13-15(19)14-20/h3-8,13,21H,2,9-12H2,1H3/p+1. The van der Waals surface area contributed by atoms with Gasteiger partial charge in [-0.3, -0.25) is 10.1 Å². The second kappa shape index (κ2) is 7.85. The number of hydrogen-bond donors (Lipinski definition) is 2. The van der Waals surface area contributed by atoms with E-state index in [4.69, 9.17) is 0 Å². The second-order valence-corrected chi connectivity index (χ2v) is 6.36. The average molecular weight is 352 g/mol. The van der Waals surface area contributed by atoms with Gasteiger partial charge in [0, 0.05) is 23.5 Å². The first kappa shape index (κ1) is 17.7. The highest BCUT2D eigenvalue weighted by Gasteiger charge is 2.18. The number of rotatable bonds is 5. The Morgan fingerprint density at radius 3 is 2.50 bits per heavy atom. The van der Waals surface area contributed by atoms with Crippen LogP contribution >= 0.6 is 0 Å². The van der Waals surface area contributed by atoms with Crippen molar-refractivity contribution in [1.29, 1.82) is 5.26 Å². The molecule has 26 heavy (non-hydrogen) atoms. The molecule has 7 nitrogen and oxygen atoms in total. The van der Waals surface area contributed by atoms with Crippen molar-refractivity contribution in [3.63, 3.8) is 0 Å². The number of non-ortho nitro benzene ring substituents is 1. The van der Waals surface area contributed by atoms with Crippen molar-refractivity contribution in [2.24, 2.45) is 0 Å². The first-order valence-electron chi connectivity index (χ1n) is 8.75. The number of piperazine rings is 1. The van der Waals surface area contributed by atoms with E-state index in [1.165, 1.54) is 24.4 Å². The molecule has 7 heteroatoms. The SMILES string of the molecule is CC[NH+]1CCN(c2ccc(Nc3ccc([N+](=O)[O-])cc3C#N)cc2)CC1. The molecular weight excluding hydrogens is 330 g/mol. The van der Waals surface area contributed by atoms with Crippen molar-refractivity contribution in [3.05, 3.63) is 58.1 Å². The number of nitrogens with zero attached hydrogens (tertiary/aromatic N) is 3. The van der Waals surface area contributed by atoms with Gasteiger partial charge in [-0.25, -0.2) is 0 Å². The zero-order chi connectivity index (χ0) is 18.5. The van der Waals surface area contributed by atoms with Crippen molar-refractivity contribution < 1.29 is 9.82 Å². The molecule has 0 spiro atoms. The Morgan fingerprint density at radius 1 is 1.23 bits per heavy atom. The summed E-state index contributed by atoms with van der Waals surface area (Å²) in [4.78, 5) is 14.4. The van der Waals surface area contributed by atoms with Gasteiger partial charge in [-0.2, -0.15) is 5.26 Å². The second-order valence-electron chi connectivity index (χ2n) is 6.36. The number of hydrogen-bond acceptors (Lipinski definition) is 5. The van der Waals surface area contributed by atoms with Gasteiger partial charge in [-0.1, -0.05) is 0 Å². The molecule has 0 saturated carbocycles. The first-order valence-corrected chi connectivity index (χ1v) is 8.75. The predicted octanol–water partition coefficient (Wildman–Crippen LogP) is 1.93. The molecule has 1 saturated heterocycles. The summed E-state index contributed by atoms with van der Waals surface area (Å²) >= 11 is 0. The fourth-order valence-corrected chi connectivity index (χ4v) is 3.19. The summed E-state index contributed by atoms with van der Waals surface area (Å²) in [6.07, 6.45) is 0. The molecule has 0 aromatic heterocycles. The lowest BCUT2D eigenvalue weighted by atomic mass is 10.1. The van der Waals surface area contributed by atoms with Crippen LogP contribution in [-0.2, 0) is 0 Å². The molecule has 2 aromatic rings. The fraction of sp³-hybridized carbons (Fsp3) is 0.316. The fourth-order valence-electron chi connectivity index (χ4n) is 3.19. The largest absolute Gasteiger partial charge is 0.360 e.